The highest BCUT2D eigenvalue weighted by Crippen LogP contribution is 2.47. The molecule has 3 aromatic rings. The first kappa shape index (κ1) is 30.3. The van der Waals surface area contributed by atoms with Crippen molar-refractivity contribution in [3.05, 3.63) is 88.6 Å². The molecule has 0 bridgehead atoms. The normalized spacial score (nSPS) is 20.2. The molecule has 2 unspecified atom stereocenters. The number of nitrogens with one attached hydrogen (secondary N) is 3. The molecule has 0 radical (unpaired) electrons. The van der Waals surface area contributed by atoms with Crippen LogP contribution in [0.4, 0.5) is 11.5 Å². The number of hydrogen-bond donors (Lipinski definition) is 3. The van der Waals surface area contributed by atoms with Gasteiger partial charge in [0.15, 0.2) is 0 Å². The van der Waals surface area contributed by atoms with Crippen LogP contribution in [0.15, 0.2) is 60.8 Å². The maximum Gasteiger partial charge on any atom is 0.244 e. The summed E-state index contributed by atoms with van der Waals surface area (Å²) in [6, 6.07) is 17.5. The Kier molecular flexibility index (Phi) is 8.73. The zero-order valence-electron chi connectivity index (χ0n) is 25.1. The lowest BCUT2D eigenvalue weighted by atomic mass is 9.79. The van der Waals surface area contributed by atoms with E-state index in [1.807, 2.05) is 66.0 Å². The third-order valence-electron chi connectivity index (χ3n) is 9.12. The number of pyridine rings is 1. The van der Waals surface area contributed by atoms with Crippen LogP contribution in [0.2, 0.25) is 0 Å². The van der Waals surface area contributed by atoms with Crippen molar-refractivity contribution in [2.24, 2.45) is 5.92 Å². The lowest BCUT2D eigenvalue weighted by Crippen LogP contribution is -2.46. The number of carbonyl (C=O) groups excluding carboxylic acids is 3. The Labute approximate surface area is 260 Å². The lowest BCUT2D eigenvalue weighted by molar-refractivity contribution is -0.140. The third kappa shape index (κ3) is 5.97. The standard InChI is InChI=1S/C33H38N6O4S/c1-34-19-24-6-3-4-7-25(24)20-38(31(41)22-11-14-39(15-12-22)44(2)43)21-29(40)36-27-10-9-23-17-33(18-26(23)16-27)28-8-5-13-35-30(28)37-32(33)42/h3-10,13,16,22,34H,11-12,14-15,17-21H2,1-2H3,(H,36,40)(H,35,37,42). The highest BCUT2D eigenvalue weighted by atomic mass is 32.2. The van der Waals surface area contributed by atoms with Crippen molar-refractivity contribution in [2.45, 2.75) is 44.2 Å². The highest BCUT2D eigenvalue weighted by Gasteiger charge is 2.51. The molecule has 3 aliphatic rings. The molecule has 2 aromatic carbocycles. The molecule has 1 aromatic heterocycles. The number of rotatable bonds is 9. The van der Waals surface area contributed by atoms with Crippen molar-refractivity contribution in [1.82, 2.24) is 19.5 Å². The van der Waals surface area contributed by atoms with E-state index in [1.54, 1.807) is 17.4 Å². The average molecular weight is 615 g/mol. The van der Waals surface area contributed by atoms with Crippen LogP contribution in [0.25, 0.3) is 0 Å². The first-order valence-corrected chi connectivity index (χ1v) is 16.6. The number of amides is 3. The second-order valence-electron chi connectivity index (χ2n) is 11.9. The Balaban J connectivity index is 1.18. The zero-order chi connectivity index (χ0) is 30.8. The quantitative estimate of drug-likeness (QED) is 0.316. The molecule has 0 saturated carbocycles. The van der Waals surface area contributed by atoms with Crippen molar-refractivity contribution < 1.29 is 18.9 Å². The number of benzene rings is 2. The molecule has 44 heavy (non-hydrogen) atoms. The van der Waals surface area contributed by atoms with Crippen LogP contribution in [0, 0.1) is 5.92 Å². The van der Waals surface area contributed by atoms with Crippen LogP contribution < -0.4 is 16.0 Å². The van der Waals surface area contributed by atoms with Crippen LogP contribution in [0.1, 0.15) is 40.7 Å². The number of nitrogens with zero attached hydrogens (tertiary/aromatic N) is 3. The van der Waals surface area contributed by atoms with Crippen molar-refractivity contribution in [3.63, 3.8) is 0 Å². The van der Waals surface area contributed by atoms with Gasteiger partial charge < -0.3 is 25.4 Å². The minimum absolute atomic E-state index is 0.0447. The molecule has 6 rings (SSSR count). The minimum Gasteiger partial charge on any atom is -0.598 e. The van der Waals surface area contributed by atoms with Gasteiger partial charge in [-0.25, -0.2) is 4.98 Å². The fraction of sp³-hybridized carbons (Fsp3) is 0.394. The van der Waals surface area contributed by atoms with Gasteiger partial charge in [-0.3, -0.25) is 14.4 Å². The van der Waals surface area contributed by atoms with E-state index in [2.05, 4.69) is 20.9 Å². The maximum absolute atomic E-state index is 13.9. The summed E-state index contributed by atoms with van der Waals surface area (Å²) < 4.78 is 13.8. The molecular weight excluding hydrogens is 576 g/mol. The van der Waals surface area contributed by atoms with E-state index in [0.717, 1.165) is 27.8 Å². The van der Waals surface area contributed by atoms with Gasteiger partial charge in [0.2, 0.25) is 17.7 Å². The molecule has 10 nitrogen and oxygen atoms in total. The first-order valence-electron chi connectivity index (χ1n) is 15.0. The van der Waals surface area contributed by atoms with Crippen molar-refractivity contribution >= 4 is 40.6 Å². The van der Waals surface area contributed by atoms with Crippen LogP contribution in [0.3, 0.4) is 0 Å². The molecule has 2 aliphatic heterocycles. The summed E-state index contributed by atoms with van der Waals surface area (Å²) in [7, 11) is 1.88. The largest absolute Gasteiger partial charge is 0.598 e. The fourth-order valence-electron chi connectivity index (χ4n) is 6.83. The van der Waals surface area contributed by atoms with Crippen molar-refractivity contribution in [2.75, 3.05) is 43.6 Å². The molecule has 3 amide bonds. The molecule has 1 aliphatic carbocycles. The summed E-state index contributed by atoms with van der Waals surface area (Å²) in [6.45, 7) is 2.06. The summed E-state index contributed by atoms with van der Waals surface area (Å²) in [4.78, 5) is 46.4. The minimum atomic E-state index is -1.06. The summed E-state index contributed by atoms with van der Waals surface area (Å²) in [6.07, 6.45) is 5.66. The number of hydrogen-bond acceptors (Lipinski definition) is 7. The number of fused-ring (bicyclic) bond motifs is 3. The molecule has 1 fully saturated rings. The summed E-state index contributed by atoms with van der Waals surface area (Å²) >= 11 is -1.06. The van der Waals surface area contributed by atoms with Gasteiger partial charge in [-0.05, 0) is 73.2 Å². The monoisotopic (exact) mass is 614 g/mol. The van der Waals surface area contributed by atoms with Gasteiger partial charge >= 0.3 is 0 Å². The molecule has 230 valence electrons. The number of piperidine rings is 1. The van der Waals surface area contributed by atoms with Gasteiger partial charge in [-0.2, -0.15) is 0 Å². The second kappa shape index (κ2) is 12.7. The fourth-order valence-corrected chi connectivity index (χ4v) is 7.55. The molecule has 3 heterocycles. The summed E-state index contributed by atoms with van der Waals surface area (Å²) in [5, 5.41) is 9.12. The highest BCUT2D eigenvalue weighted by molar-refractivity contribution is 7.88. The van der Waals surface area contributed by atoms with E-state index < -0.39 is 16.8 Å². The summed E-state index contributed by atoms with van der Waals surface area (Å²) in [5.41, 5.74) is 5.02. The smallest absolute Gasteiger partial charge is 0.244 e. The Morgan fingerprint density at radius 2 is 1.84 bits per heavy atom. The van der Waals surface area contributed by atoms with E-state index in [1.165, 1.54) is 0 Å². The molecule has 3 N–H and O–H groups in total. The van der Waals surface area contributed by atoms with Gasteiger partial charge in [-0.1, -0.05) is 36.4 Å². The molecule has 2 atom stereocenters. The van der Waals surface area contributed by atoms with Gasteiger partial charge in [0, 0.05) is 60.9 Å². The van der Waals surface area contributed by atoms with Crippen molar-refractivity contribution in [3.8, 4) is 0 Å². The SMILES string of the molecule is CNCc1ccccc1CN(CC(=O)Nc1ccc2c(c1)CC1(C2)C(=O)Nc2ncccc21)C(=O)C1CCN([S+](C)[O-])CC1. The maximum atomic E-state index is 13.9. The van der Waals surface area contributed by atoms with Crippen molar-refractivity contribution in [1.29, 1.82) is 0 Å². The predicted octanol–water partition coefficient (Wildman–Crippen LogP) is 2.76. The van der Waals surface area contributed by atoms with Crippen LogP contribution in [-0.4, -0.2) is 69.4 Å². The molecular formula is C33H38N6O4S. The van der Waals surface area contributed by atoms with Gasteiger partial charge in [-0.15, -0.1) is 4.31 Å². The van der Waals surface area contributed by atoms with Gasteiger partial charge in [0.1, 0.15) is 18.6 Å². The van der Waals surface area contributed by atoms with E-state index in [4.69, 9.17) is 0 Å². The van der Waals surface area contributed by atoms with Crippen LogP contribution >= 0.6 is 0 Å². The van der Waals surface area contributed by atoms with E-state index in [9.17, 15) is 18.9 Å². The number of aromatic nitrogens is 1. The molecule has 1 spiro atoms. The number of carbonyl (C=O) groups is 3. The predicted molar refractivity (Wildman–Crippen MR) is 170 cm³/mol. The lowest BCUT2D eigenvalue weighted by Gasteiger charge is -2.33. The van der Waals surface area contributed by atoms with Crippen LogP contribution in [0.5, 0.6) is 0 Å². The molecule has 1 saturated heterocycles. The Bertz CT molecular complexity index is 1570. The van der Waals surface area contributed by atoms with E-state index in [-0.39, 0.29) is 30.2 Å². The van der Waals surface area contributed by atoms with E-state index >= 15 is 0 Å². The molecule has 11 heteroatoms. The van der Waals surface area contributed by atoms with Gasteiger partial charge in [0.25, 0.3) is 0 Å². The second-order valence-corrected chi connectivity index (χ2v) is 13.3. The first-order chi connectivity index (χ1) is 21.3. The average Bonchev–Trinajstić information content (AvgIpc) is 3.54. The topological polar surface area (TPSA) is 130 Å². The Morgan fingerprint density at radius 3 is 2.59 bits per heavy atom. The summed E-state index contributed by atoms with van der Waals surface area (Å²) in [5.74, 6) is 0.00381. The van der Waals surface area contributed by atoms with Gasteiger partial charge in [0.05, 0.1) is 5.41 Å². The third-order valence-corrected chi connectivity index (χ3v) is 10.2. The van der Waals surface area contributed by atoms with E-state index in [0.29, 0.717) is 63.4 Å². The number of anilines is 2. The zero-order valence-corrected chi connectivity index (χ0v) is 25.9. The Morgan fingerprint density at radius 1 is 1.09 bits per heavy atom. The van der Waals surface area contributed by atoms with Crippen LogP contribution in [-0.2, 0) is 57.1 Å². The Hall–Kier alpha value is -3.77.